The number of rotatable bonds is 3. The quantitative estimate of drug-likeness (QED) is 0.530. The van der Waals surface area contributed by atoms with Gasteiger partial charge in [0.2, 0.25) is 5.88 Å². The number of anilines is 1. The lowest BCUT2D eigenvalue weighted by atomic mass is 9.82. The first-order valence-electron chi connectivity index (χ1n) is 10.2. The van der Waals surface area contributed by atoms with E-state index in [2.05, 4.69) is 10.3 Å². The molecule has 7 nitrogen and oxygen atoms in total. The Bertz CT molecular complexity index is 1460. The molecule has 0 bridgehead atoms. The molecule has 0 saturated heterocycles. The predicted octanol–water partition coefficient (Wildman–Crippen LogP) is 4.52. The minimum absolute atomic E-state index is 0.00363. The van der Waals surface area contributed by atoms with Crippen molar-refractivity contribution in [3.63, 3.8) is 0 Å². The van der Waals surface area contributed by atoms with Crippen LogP contribution in [-0.4, -0.2) is 10.9 Å². The van der Waals surface area contributed by atoms with Crippen LogP contribution < -0.4 is 16.6 Å². The molecule has 3 aromatic rings. The van der Waals surface area contributed by atoms with Crippen LogP contribution in [-0.2, 0) is 9.53 Å². The topological polar surface area (TPSA) is 121 Å². The Morgan fingerprint density at radius 1 is 1.18 bits per heavy atom. The van der Waals surface area contributed by atoms with Crippen molar-refractivity contribution >= 4 is 34.1 Å². The molecule has 2 aromatic carbocycles. The molecule has 0 spiro atoms. The van der Waals surface area contributed by atoms with Gasteiger partial charge in [-0.2, -0.15) is 5.26 Å². The van der Waals surface area contributed by atoms with Crippen molar-refractivity contribution in [2.45, 2.75) is 26.7 Å². The van der Waals surface area contributed by atoms with E-state index in [-0.39, 0.29) is 28.4 Å². The van der Waals surface area contributed by atoms with Crippen LogP contribution in [0.25, 0.3) is 10.9 Å². The van der Waals surface area contributed by atoms with Gasteiger partial charge >= 0.3 is 0 Å². The summed E-state index contributed by atoms with van der Waals surface area (Å²) >= 11 is 5.93. The summed E-state index contributed by atoms with van der Waals surface area (Å²) in [6.45, 7) is 5.45. The Hall–Kier alpha value is -4.02. The van der Waals surface area contributed by atoms with Crippen LogP contribution in [0, 0.1) is 25.2 Å². The van der Waals surface area contributed by atoms with E-state index < -0.39 is 17.4 Å². The number of aryl methyl sites for hydroxylation is 2. The van der Waals surface area contributed by atoms with Crippen LogP contribution >= 0.6 is 11.6 Å². The number of nitrogens with one attached hydrogen (secondary N) is 2. The molecule has 0 fully saturated rings. The molecule has 33 heavy (non-hydrogen) atoms. The van der Waals surface area contributed by atoms with Crippen molar-refractivity contribution in [1.29, 1.82) is 5.26 Å². The van der Waals surface area contributed by atoms with Gasteiger partial charge in [-0.3, -0.25) is 9.59 Å². The van der Waals surface area contributed by atoms with E-state index in [0.29, 0.717) is 16.2 Å². The molecule has 4 rings (SSSR count). The van der Waals surface area contributed by atoms with Crippen LogP contribution in [0.15, 0.2) is 70.0 Å². The first kappa shape index (κ1) is 22.2. The van der Waals surface area contributed by atoms with Crippen LogP contribution in [0.4, 0.5) is 5.69 Å². The van der Waals surface area contributed by atoms with Crippen LogP contribution in [0.1, 0.15) is 29.5 Å². The summed E-state index contributed by atoms with van der Waals surface area (Å²) in [4.78, 5) is 29.4. The number of hydrogen-bond donors (Lipinski definition) is 3. The van der Waals surface area contributed by atoms with Crippen LogP contribution in [0.3, 0.4) is 0 Å². The molecule has 0 saturated carbocycles. The van der Waals surface area contributed by atoms with E-state index >= 15 is 0 Å². The molecule has 1 aliphatic heterocycles. The highest BCUT2D eigenvalue weighted by atomic mass is 35.5. The standard InChI is InChI=1S/C25H21ClN4O3/c1-12-8-13(2)22-15(9-12)10-18(24(31)30-22)21-19(11-27)23(28)33-14(3)20(21)25(32)29-17-6-4-16(26)5-7-17/h4-10,21H,28H2,1-3H3,(H,29,32)(H,30,31). The van der Waals surface area contributed by atoms with E-state index in [1.165, 1.54) is 0 Å². The zero-order chi connectivity index (χ0) is 23.9. The highest BCUT2D eigenvalue weighted by Gasteiger charge is 2.37. The normalized spacial score (nSPS) is 15.9. The number of H-pyrrole nitrogens is 1. The van der Waals surface area contributed by atoms with Gasteiger partial charge in [-0.15, -0.1) is 0 Å². The average molecular weight is 461 g/mol. The number of nitriles is 1. The van der Waals surface area contributed by atoms with Gasteiger partial charge in [0.1, 0.15) is 17.4 Å². The van der Waals surface area contributed by atoms with Gasteiger partial charge in [0.15, 0.2) is 0 Å². The number of halogens is 1. The number of hydrogen-bond acceptors (Lipinski definition) is 5. The summed E-state index contributed by atoms with van der Waals surface area (Å²) in [6.07, 6.45) is 0. The fourth-order valence-electron chi connectivity index (χ4n) is 4.14. The lowest BCUT2D eigenvalue weighted by molar-refractivity contribution is -0.113. The van der Waals surface area contributed by atoms with Gasteiger partial charge in [0, 0.05) is 16.3 Å². The monoisotopic (exact) mass is 460 g/mol. The number of amides is 1. The number of aromatic amines is 1. The molecule has 1 aliphatic rings. The number of benzene rings is 2. The van der Waals surface area contributed by atoms with E-state index in [4.69, 9.17) is 22.1 Å². The van der Waals surface area contributed by atoms with Crippen molar-refractivity contribution < 1.29 is 9.53 Å². The van der Waals surface area contributed by atoms with Crippen molar-refractivity contribution in [3.8, 4) is 6.07 Å². The van der Waals surface area contributed by atoms with Gasteiger partial charge in [-0.1, -0.05) is 23.2 Å². The number of aromatic nitrogens is 1. The number of nitrogens with two attached hydrogens (primary N) is 1. The molecule has 166 valence electrons. The lowest BCUT2D eigenvalue weighted by Crippen LogP contribution is -2.30. The molecule has 0 aliphatic carbocycles. The van der Waals surface area contributed by atoms with Crippen LogP contribution in [0.5, 0.6) is 0 Å². The average Bonchev–Trinajstić information content (AvgIpc) is 2.75. The van der Waals surface area contributed by atoms with E-state index in [1.54, 1.807) is 37.3 Å². The molecule has 0 radical (unpaired) electrons. The third-order valence-electron chi connectivity index (χ3n) is 5.59. The SMILES string of the molecule is CC1=C(C(=O)Nc2ccc(Cl)cc2)C(c2cc3cc(C)cc(C)c3[nH]c2=O)C(C#N)=C(N)O1. The number of nitrogens with zero attached hydrogens (tertiary/aromatic N) is 1. The number of carbonyl (C=O) groups excluding carboxylic acids is 1. The van der Waals surface area contributed by atoms with Crippen molar-refractivity contribution in [1.82, 2.24) is 4.98 Å². The zero-order valence-corrected chi connectivity index (χ0v) is 19.0. The summed E-state index contributed by atoms with van der Waals surface area (Å²) in [7, 11) is 0. The second-order valence-corrected chi connectivity index (χ2v) is 8.39. The fraction of sp³-hybridized carbons (Fsp3) is 0.160. The molecular weight excluding hydrogens is 440 g/mol. The highest BCUT2D eigenvalue weighted by Crippen LogP contribution is 2.39. The first-order chi connectivity index (χ1) is 15.7. The van der Waals surface area contributed by atoms with E-state index in [9.17, 15) is 14.9 Å². The predicted molar refractivity (Wildman–Crippen MR) is 127 cm³/mol. The second kappa shape index (κ2) is 8.49. The Labute approximate surface area is 195 Å². The second-order valence-electron chi connectivity index (χ2n) is 7.96. The highest BCUT2D eigenvalue weighted by molar-refractivity contribution is 6.30. The summed E-state index contributed by atoms with van der Waals surface area (Å²) in [5.41, 5.74) is 9.08. The molecule has 4 N–H and O–H groups in total. The van der Waals surface area contributed by atoms with Gasteiger partial charge < -0.3 is 20.8 Å². The molecule has 8 heteroatoms. The minimum Gasteiger partial charge on any atom is -0.445 e. The van der Waals surface area contributed by atoms with Gasteiger partial charge in [-0.25, -0.2) is 0 Å². The Balaban J connectivity index is 1.88. The zero-order valence-electron chi connectivity index (χ0n) is 18.2. The Morgan fingerprint density at radius 2 is 1.88 bits per heavy atom. The first-order valence-corrected chi connectivity index (χ1v) is 10.6. The third-order valence-corrected chi connectivity index (χ3v) is 5.84. The number of fused-ring (bicyclic) bond motifs is 1. The Kier molecular flexibility index (Phi) is 5.71. The number of ether oxygens (including phenoxy) is 1. The molecular formula is C25H21ClN4O3. The fourth-order valence-corrected chi connectivity index (χ4v) is 4.26. The third kappa shape index (κ3) is 4.09. The van der Waals surface area contributed by atoms with Gasteiger partial charge in [-0.05, 0) is 68.1 Å². The maximum absolute atomic E-state index is 13.3. The summed E-state index contributed by atoms with van der Waals surface area (Å²) in [6, 6.07) is 14.2. The maximum Gasteiger partial charge on any atom is 0.255 e. The smallest absolute Gasteiger partial charge is 0.255 e. The van der Waals surface area contributed by atoms with Crippen LogP contribution in [0.2, 0.25) is 5.02 Å². The molecule has 1 aromatic heterocycles. The van der Waals surface area contributed by atoms with Crippen molar-refractivity contribution in [3.05, 3.63) is 97.3 Å². The van der Waals surface area contributed by atoms with Crippen molar-refractivity contribution in [2.24, 2.45) is 5.73 Å². The summed E-state index contributed by atoms with van der Waals surface area (Å²) in [5.74, 6) is -1.43. The van der Waals surface area contributed by atoms with E-state index in [1.807, 2.05) is 32.0 Å². The minimum atomic E-state index is -0.995. The summed E-state index contributed by atoms with van der Waals surface area (Å²) in [5, 5.41) is 13.9. The molecule has 1 atom stereocenters. The lowest BCUT2D eigenvalue weighted by Gasteiger charge is -2.27. The van der Waals surface area contributed by atoms with Gasteiger partial charge in [0.05, 0.1) is 17.0 Å². The Morgan fingerprint density at radius 3 is 2.55 bits per heavy atom. The molecule has 1 amide bonds. The number of pyridine rings is 1. The molecule has 1 unspecified atom stereocenters. The number of carbonyl (C=O) groups is 1. The number of allylic oxidation sites excluding steroid dienone is 2. The molecule has 2 heterocycles. The maximum atomic E-state index is 13.3. The summed E-state index contributed by atoms with van der Waals surface area (Å²) < 4.78 is 5.52. The van der Waals surface area contributed by atoms with E-state index in [0.717, 1.165) is 16.5 Å². The van der Waals surface area contributed by atoms with Gasteiger partial charge in [0.25, 0.3) is 11.5 Å². The van der Waals surface area contributed by atoms with Crippen molar-refractivity contribution in [2.75, 3.05) is 5.32 Å². The largest absolute Gasteiger partial charge is 0.445 e.